The third kappa shape index (κ3) is 3.24. The van der Waals surface area contributed by atoms with Crippen LogP contribution >= 0.6 is 0 Å². The number of hydrogen-bond acceptors (Lipinski definition) is 4. The van der Waals surface area contributed by atoms with Gasteiger partial charge in [-0.05, 0) is 62.1 Å². The van der Waals surface area contributed by atoms with Gasteiger partial charge in [-0.1, -0.05) is 0 Å². The van der Waals surface area contributed by atoms with Crippen LogP contribution in [0.1, 0.15) is 48.9 Å². The van der Waals surface area contributed by atoms with Crippen LogP contribution in [0.25, 0.3) is 0 Å². The van der Waals surface area contributed by atoms with Gasteiger partial charge in [0, 0.05) is 38.4 Å². The van der Waals surface area contributed by atoms with E-state index in [2.05, 4.69) is 16.0 Å². The maximum Gasteiger partial charge on any atom is 0.214 e. The molecular formula is C18H27N3O2S. The minimum Gasteiger partial charge on any atom is -0.297 e. The van der Waals surface area contributed by atoms with Crippen molar-refractivity contribution >= 4 is 10.0 Å². The molecule has 2 aliphatic heterocycles. The number of hydrogen-bond donors (Lipinski definition) is 0. The Balaban J connectivity index is 1.39. The van der Waals surface area contributed by atoms with E-state index in [1.54, 1.807) is 4.31 Å². The Bertz CT molecular complexity index is 696. The van der Waals surface area contributed by atoms with Crippen LogP contribution in [0, 0.1) is 0 Å². The summed E-state index contributed by atoms with van der Waals surface area (Å²) in [6.45, 7) is 3.59. The fraction of sp³-hybridized carbons (Fsp3) is 0.722. The summed E-state index contributed by atoms with van der Waals surface area (Å²) in [5, 5.41) is 0. The van der Waals surface area contributed by atoms with Gasteiger partial charge in [0.1, 0.15) is 0 Å². The predicted molar refractivity (Wildman–Crippen MR) is 94.3 cm³/mol. The minimum absolute atomic E-state index is 0.214. The molecule has 0 spiro atoms. The smallest absolute Gasteiger partial charge is 0.214 e. The van der Waals surface area contributed by atoms with Gasteiger partial charge in [-0.3, -0.25) is 9.88 Å². The highest BCUT2D eigenvalue weighted by atomic mass is 32.2. The Labute approximate surface area is 145 Å². The van der Waals surface area contributed by atoms with E-state index in [1.165, 1.54) is 42.5 Å². The van der Waals surface area contributed by atoms with Crippen molar-refractivity contribution in [3.63, 3.8) is 0 Å². The Morgan fingerprint density at radius 2 is 1.88 bits per heavy atom. The Hall–Kier alpha value is -0.980. The lowest BCUT2D eigenvalue weighted by atomic mass is 9.90. The number of pyridine rings is 1. The molecule has 6 heteroatoms. The van der Waals surface area contributed by atoms with Crippen molar-refractivity contribution in [3.05, 3.63) is 29.1 Å². The highest BCUT2D eigenvalue weighted by Crippen LogP contribution is 2.27. The van der Waals surface area contributed by atoms with Crippen molar-refractivity contribution in [2.24, 2.45) is 0 Å². The molecular weight excluding hydrogens is 322 g/mol. The van der Waals surface area contributed by atoms with Crippen molar-refractivity contribution in [1.29, 1.82) is 0 Å². The molecule has 0 aromatic carbocycles. The first-order chi connectivity index (χ1) is 11.6. The van der Waals surface area contributed by atoms with Gasteiger partial charge in [-0.2, -0.15) is 4.31 Å². The number of rotatable bonds is 3. The highest BCUT2D eigenvalue weighted by Gasteiger charge is 2.36. The van der Waals surface area contributed by atoms with Crippen LogP contribution in [0.15, 0.2) is 12.3 Å². The molecule has 0 atom stereocenters. The van der Waals surface area contributed by atoms with Gasteiger partial charge in [0.15, 0.2) is 0 Å². The predicted octanol–water partition coefficient (Wildman–Crippen LogP) is 1.96. The molecule has 4 rings (SSSR count). The van der Waals surface area contributed by atoms with Crippen molar-refractivity contribution in [2.75, 3.05) is 25.4 Å². The summed E-state index contributed by atoms with van der Waals surface area (Å²) in [5.74, 6) is 0.341. The second-order valence-corrected chi connectivity index (χ2v) is 9.43. The fourth-order valence-electron chi connectivity index (χ4n) is 4.52. The normalized spacial score (nSPS) is 25.7. The molecule has 132 valence electrons. The van der Waals surface area contributed by atoms with Crippen LogP contribution in [0.2, 0.25) is 0 Å². The summed E-state index contributed by atoms with van der Waals surface area (Å²) in [5.41, 5.74) is 4.22. The zero-order chi connectivity index (χ0) is 16.6. The molecule has 1 aromatic heterocycles. The maximum atomic E-state index is 12.1. The Kier molecular flexibility index (Phi) is 4.62. The highest BCUT2D eigenvalue weighted by molar-refractivity contribution is 7.89. The topological polar surface area (TPSA) is 53.5 Å². The summed E-state index contributed by atoms with van der Waals surface area (Å²) < 4.78 is 26.0. The van der Waals surface area contributed by atoms with Crippen LogP contribution in [0.4, 0.5) is 0 Å². The molecule has 1 aliphatic carbocycles. The number of likely N-dealkylation sites (tertiary alicyclic amines) is 1. The molecule has 0 radical (unpaired) electrons. The van der Waals surface area contributed by atoms with E-state index in [1.807, 2.05) is 6.20 Å². The zero-order valence-electron chi connectivity index (χ0n) is 14.3. The molecule has 0 unspecified atom stereocenters. The summed E-state index contributed by atoms with van der Waals surface area (Å²) >= 11 is 0. The zero-order valence-corrected chi connectivity index (χ0v) is 15.1. The fourth-order valence-corrected chi connectivity index (χ4v) is 6.32. The first-order valence-corrected chi connectivity index (χ1v) is 10.9. The van der Waals surface area contributed by atoms with E-state index in [0.717, 1.165) is 45.4 Å². The third-order valence-corrected chi connectivity index (χ3v) is 7.84. The lowest BCUT2D eigenvalue weighted by Crippen LogP contribution is -2.45. The standard InChI is InChI=1S/C18H27N3O2S/c22-24(23)13-3-10-21(24)16-7-11-20(12-8-16)14-18-17-5-2-1-4-15(17)6-9-19-18/h6,9,16H,1-5,7-8,10-14H2. The van der Waals surface area contributed by atoms with E-state index in [0.29, 0.717) is 5.75 Å². The number of piperidine rings is 1. The molecule has 0 bridgehead atoms. The van der Waals surface area contributed by atoms with Crippen molar-refractivity contribution in [1.82, 2.24) is 14.2 Å². The second-order valence-electron chi connectivity index (χ2n) is 7.39. The van der Waals surface area contributed by atoms with Crippen molar-refractivity contribution in [2.45, 2.75) is 57.5 Å². The molecule has 3 heterocycles. The van der Waals surface area contributed by atoms with Crippen LogP contribution in [-0.2, 0) is 29.4 Å². The SMILES string of the molecule is O=S1(=O)CCCN1C1CCN(Cc2nccc3c2CCCC3)CC1. The van der Waals surface area contributed by atoms with Crippen molar-refractivity contribution in [3.8, 4) is 0 Å². The third-order valence-electron chi connectivity index (χ3n) is 5.84. The molecule has 2 saturated heterocycles. The number of aromatic nitrogens is 1. The van der Waals surface area contributed by atoms with Gasteiger partial charge in [-0.25, -0.2) is 8.42 Å². The summed E-state index contributed by atoms with van der Waals surface area (Å²) in [4.78, 5) is 7.11. The average Bonchev–Trinajstić information content (AvgIpc) is 2.95. The molecule has 5 nitrogen and oxygen atoms in total. The number of nitrogens with zero attached hydrogens (tertiary/aromatic N) is 3. The van der Waals surface area contributed by atoms with E-state index in [9.17, 15) is 8.42 Å². The van der Waals surface area contributed by atoms with E-state index in [-0.39, 0.29) is 6.04 Å². The largest absolute Gasteiger partial charge is 0.297 e. The van der Waals surface area contributed by atoms with Gasteiger partial charge in [0.2, 0.25) is 10.0 Å². The molecule has 1 aromatic rings. The molecule has 2 fully saturated rings. The van der Waals surface area contributed by atoms with Crippen LogP contribution in [-0.4, -0.2) is 54.0 Å². The first-order valence-electron chi connectivity index (χ1n) is 9.31. The minimum atomic E-state index is -2.97. The lowest BCUT2D eigenvalue weighted by Gasteiger charge is -2.36. The molecule has 0 N–H and O–H groups in total. The van der Waals surface area contributed by atoms with Gasteiger partial charge in [0.05, 0.1) is 11.4 Å². The van der Waals surface area contributed by atoms with Crippen LogP contribution < -0.4 is 0 Å². The Morgan fingerprint density at radius 3 is 2.62 bits per heavy atom. The Morgan fingerprint density at radius 1 is 1.08 bits per heavy atom. The monoisotopic (exact) mass is 349 g/mol. The van der Waals surface area contributed by atoms with Gasteiger partial charge >= 0.3 is 0 Å². The van der Waals surface area contributed by atoms with Gasteiger partial charge in [0.25, 0.3) is 0 Å². The summed E-state index contributed by atoms with van der Waals surface area (Å²) in [6.07, 6.45) is 9.60. The summed E-state index contributed by atoms with van der Waals surface area (Å²) in [6, 6.07) is 2.40. The average molecular weight is 350 g/mol. The van der Waals surface area contributed by atoms with E-state index >= 15 is 0 Å². The maximum absolute atomic E-state index is 12.1. The molecule has 24 heavy (non-hydrogen) atoms. The molecule has 0 saturated carbocycles. The number of fused-ring (bicyclic) bond motifs is 1. The van der Waals surface area contributed by atoms with E-state index < -0.39 is 10.0 Å². The molecule has 0 amide bonds. The van der Waals surface area contributed by atoms with Crippen LogP contribution in [0.5, 0.6) is 0 Å². The first kappa shape index (κ1) is 16.5. The molecule has 3 aliphatic rings. The number of sulfonamides is 1. The summed E-state index contributed by atoms with van der Waals surface area (Å²) in [7, 11) is -2.97. The lowest BCUT2D eigenvalue weighted by molar-refractivity contribution is 0.156. The van der Waals surface area contributed by atoms with E-state index in [4.69, 9.17) is 0 Å². The number of aryl methyl sites for hydroxylation is 1. The quantitative estimate of drug-likeness (QED) is 0.837. The van der Waals surface area contributed by atoms with Gasteiger partial charge < -0.3 is 0 Å². The second kappa shape index (κ2) is 6.73. The van der Waals surface area contributed by atoms with Crippen molar-refractivity contribution < 1.29 is 8.42 Å². The van der Waals surface area contributed by atoms with Gasteiger partial charge in [-0.15, -0.1) is 0 Å². The van der Waals surface area contributed by atoms with Crippen LogP contribution in [0.3, 0.4) is 0 Å².